The van der Waals surface area contributed by atoms with Crippen molar-refractivity contribution in [3.63, 3.8) is 0 Å². The Balaban J connectivity index is 2.31. The van der Waals surface area contributed by atoms with E-state index in [4.69, 9.17) is 9.47 Å². The van der Waals surface area contributed by atoms with Crippen LogP contribution in [0.25, 0.3) is 21.8 Å². The molecule has 0 aliphatic heterocycles. The van der Waals surface area contributed by atoms with Crippen molar-refractivity contribution in [2.75, 3.05) is 20.3 Å². The van der Waals surface area contributed by atoms with Crippen molar-refractivity contribution in [2.45, 2.75) is 13.5 Å². The first-order valence-electron chi connectivity index (χ1n) is 7.43. The summed E-state index contributed by atoms with van der Waals surface area (Å²) >= 11 is 0. The van der Waals surface area contributed by atoms with E-state index in [2.05, 4.69) is 4.57 Å². The Labute approximate surface area is 128 Å². The van der Waals surface area contributed by atoms with Gasteiger partial charge in [0.1, 0.15) is 5.75 Å². The van der Waals surface area contributed by atoms with Gasteiger partial charge in [-0.1, -0.05) is 12.1 Å². The van der Waals surface area contributed by atoms with Crippen LogP contribution in [0.3, 0.4) is 0 Å². The number of fused-ring (bicyclic) bond motifs is 2. The van der Waals surface area contributed by atoms with Crippen LogP contribution >= 0.6 is 0 Å². The standard InChI is InChI=1S/C18H19NO3/c1-3-22-11-10-19-16-7-5-4-6-14(16)18(20)15-12-13(21-2)8-9-17(15)19/h4-9,12H,3,10-11H2,1-2H3. The molecule has 0 saturated heterocycles. The summed E-state index contributed by atoms with van der Waals surface area (Å²) in [6.07, 6.45) is 0. The molecule has 1 aromatic heterocycles. The van der Waals surface area contributed by atoms with E-state index in [1.165, 1.54) is 0 Å². The minimum atomic E-state index is 0.0390. The van der Waals surface area contributed by atoms with E-state index in [-0.39, 0.29) is 5.43 Å². The van der Waals surface area contributed by atoms with E-state index < -0.39 is 0 Å². The molecule has 114 valence electrons. The highest BCUT2D eigenvalue weighted by Crippen LogP contribution is 2.23. The number of hydrogen-bond donors (Lipinski definition) is 0. The normalized spacial score (nSPS) is 11.2. The Bertz CT molecular complexity index is 867. The van der Waals surface area contributed by atoms with E-state index in [0.29, 0.717) is 30.9 Å². The number of ether oxygens (including phenoxy) is 2. The molecule has 4 heteroatoms. The zero-order valence-corrected chi connectivity index (χ0v) is 12.8. The van der Waals surface area contributed by atoms with Crippen molar-refractivity contribution in [2.24, 2.45) is 0 Å². The lowest BCUT2D eigenvalue weighted by molar-refractivity contribution is 0.140. The molecule has 0 amide bonds. The lowest BCUT2D eigenvalue weighted by Crippen LogP contribution is -2.14. The van der Waals surface area contributed by atoms with Crippen molar-refractivity contribution in [3.05, 3.63) is 52.7 Å². The molecule has 1 heterocycles. The second-order valence-electron chi connectivity index (χ2n) is 5.08. The second kappa shape index (κ2) is 6.20. The maximum Gasteiger partial charge on any atom is 0.197 e. The summed E-state index contributed by atoms with van der Waals surface area (Å²) in [5.74, 6) is 0.691. The van der Waals surface area contributed by atoms with Crippen LogP contribution in [0.1, 0.15) is 6.92 Å². The van der Waals surface area contributed by atoms with Gasteiger partial charge in [0.25, 0.3) is 0 Å². The van der Waals surface area contributed by atoms with Crippen LogP contribution in [-0.4, -0.2) is 24.9 Å². The van der Waals surface area contributed by atoms with Crippen LogP contribution in [-0.2, 0) is 11.3 Å². The Morgan fingerprint density at radius 2 is 1.82 bits per heavy atom. The number of aromatic nitrogens is 1. The number of nitrogens with zero attached hydrogens (tertiary/aromatic N) is 1. The van der Waals surface area contributed by atoms with Crippen LogP contribution in [0, 0.1) is 0 Å². The molecule has 3 rings (SSSR count). The van der Waals surface area contributed by atoms with Crippen molar-refractivity contribution in [3.8, 4) is 5.75 Å². The van der Waals surface area contributed by atoms with E-state index in [0.717, 1.165) is 16.4 Å². The third kappa shape index (κ3) is 2.46. The van der Waals surface area contributed by atoms with Crippen LogP contribution in [0.4, 0.5) is 0 Å². The minimum Gasteiger partial charge on any atom is -0.497 e. The number of pyridine rings is 1. The quantitative estimate of drug-likeness (QED) is 0.536. The molecule has 0 spiro atoms. The molecule has 0 radical (unpaired) electrons. The summed E-state index contributed by atoms with van der Waals surface area (Å²) in [4.78, 5) is 12.7. The minimum absolute atomic E-state index is 0.0390. The fourth-order valence-electron chi connectivity index (χ4n) is 2.78. The fourth-order valence-corrected chi connectivity index (χ4v) is 2.78. The maximum absolute atomic E-state index is 12.7. The molecule has 2 aromatic carbocycles. The number of rotatable bonds is 5. The fraction of sp³-hybridized carbons (Fsp3) is 0.278. The van der Waals surface area contributed by atoms with Gasteiger partial charge in [-0.05, 0) is 37.3 Å². The molecule has 0 saturated carbocycles. The zero-order chi connectivity index (χ0) is 15.5. The molecule has 22 heavy (non-hydrogen) atoms. The average molecular weight is 297 g/mol. The summed E-state index contributed by atoms with van der Waals surface area (Å²) in [6.45, 7) is 3.98. The van der Waals surface area contributed by atoms with Crippen molar-refractivity contribution in [1.29, 1.82) is 0 Å². The Kier molecular flexibility index (Phi) is 4.11. The predicted octanol–water partition coefficient (Wildman–Crippen LogP) is 3.20. The first kappa shape index (κ1) is 14.6. The van der Waals surface area contributed by atoms with Gasteiger partial charge in [0.2, 0.25) is 0 Å². The van der Waals surface area contributed by atoms with Crippen LogP contribution in [0.2, 0.25) is 0 Å². The van der Waals surface area contributed by atoms with Gasteiger partial charge in [-0.15, -0.1) is 0 Å². The number of para-hydroxylation sites is 1. The Hall–Kier alpha value is -2.33. The largest absolute Gasteiger partial charge is 0.497 e. The predicted molar refractivity (Wildman–Crippen MR) is 88.8 cm³/mol. The molecule has 0 bridgehead atoms. The first-order valence-corrected chi connectivity index (χ1v) is 7.43. The van der Waals surface area contributed by atoms with Crippen LogP contribution in [0.5, 0.6) is 5.75 Å². The summed E-state index contributed by atoms with van der Waals surface area (Å²) in [5, 5.41) is 1.40. The highest BCUT2D eigenvalue weighted by atomic mass is 16.5. The van der Waals surface area contributed by atoms with Gasteiger partial charge in [0.05, 0.1) is 24.8 Å². The van der Waals surface area contributed by atoms with Crippen molar-refractivity contribution >= 4 is 21.8 Å². The average Bonchev–Trinajstić information content (AvgIpc) is 2.57. The summed E-state index contributed by atoms with van der Waals surface area (Å²) in [5.41, 5.74) is 1.88. The highest BCUT2D eigenvalue weighted by molar-refractivity contribution is 5.94. The molecule has 0 N–H and O–H groups in total. The third-order valence-electron chi connectivity index (χ3n) is 3.84. The highest BCUT2D eigenvalue weighted by Gasteiger charge is 2.11. The lowest BCUT2D eigenvalue weighted by Gasteiger charge is -2.15. The van der Waals surface area contributed by atoms with Gasteiger partial charge in [0, 0.05) is 23.9 Å². The Morgan fingerprint density at radius 3 is 2.59 bits per heavy atom. The molecule has 0 aliphatic rings. The molecule has 0 atom stereocenters. The maximum atomic E-state index is 12.7. The molecular weight excluding hydrogens is 278 g/mol. The van der Waals surface area contributed by atoms with Gasteiger partial charge in [-0.2, -0.15) is 0 Å². The molecule has 3 aromatic rings. The molecule has 0 unspecified atom stereocenters. The third-order valence-corrected chi connectivity index (χ3v) is 3.84. The molecular formula is C18H19NO3. The number of benzene rings is 2. The SMILES string of the molecule is CCOCCn1c2ccccc2c(=O)c2cc(OC)ccc21. The monoisotopic (exact) mass is 297 g/mol. The van der Waals surface area contributed by atoms with Crippen LogP contribution < -0.4 is 10.2 Å². The summed E-state index contributed by atoms with van der Waals surface area (Å²) in [7, 11) is 1.61. The second-order valence-corrected chi connectivity index (χ2v) is 5.08. The van der Waals surface area contributed by atoms with Crippen molar-refractivity contribution in [1.82, 2.24) is 4.57 Å². The zero-order valence-electron chi connectivity index (χ0n) is 12.8. The Morgan fingerprint density at radius 1 is 1.05 bits per heavy atom. The van der Waals surface area contributed by atoms with Gasteiger partial charge in [0.15, 0.2) is 5.43 Å². The van der Waals surface area contributed by atoms with Gasteiger partial charge in [-0.25, -0.2) is 0 Å². The van der Waals surface area contributed by atoms with Crippen LogP contribution in [0.15, 0.2) is 47.3 Å². The van der Waals surface area contributed by atoms with Gasteiger partial charge < -0.3 is 14.0 Å². The number of methoxy groups -OCH3 is 1. The first-order chi connectivity index (χ1) is 10.8. The number of hydrogen-bond acceptors (Lipinski definition) is 3. The lowest BCUT2D eigenvalue weighted by atomic mass is 10.1. The topological polar surface area (TPSA) is 40.5 Å². The van der Waals surface area contributed by atoms with Gasteiger partial charge in [-0.3, -0.25) is 4.79 Å². The van der Waals surface area contributed by atoms with Crippen molar-refractivity contribution < 1.29 is 9.47 Å². The smallest absolute Gasteiger partial charge is 0.197 e. The summed E-state index contributed by atoms with van der Waals surface area (Å²) in [6, 6.07) is 13.3. The summed E-state index contributed by atoms with van der Waals surface area (Å²) < 4.78 is 12.9. The van der Waals surface area contributed by atoms with Gasteiger partial charge >= 0.3 is 0 Å². The molecule has 0 aliphatic carbocycles. The van der Waals surface area contributed by atoms with E-state index in [9.17, 15) is 4.79 Å². The van der Waals surface area contributed by atoms with E-state index in [1.54, 1.807) is 13.2 Å². The van der Waals surface area contributed by atoms with E-state index >= 15 is 0 Å². The van der Waals surface area contributed by atoms with E-state index in [1.807, 2.05) is 43.3 Å². The molecule has 4 nitrogen and oxygen atoms in total. The molecule has 0 fully saturated rings.